The normalized spacial score (nSPS) is 11.1. The van der Waals surface area contributed by atoms with E-state index >= 15 is 0 Å². The van der Waals surface area contributed by atoms with Crippen LogP contribution >= 0.6 is 0 Å². The summed E-state index contributed by atoms with van der Waals surface area (Å²) in [4.78, 5) is 14.1. The molecule has 0 spiro atoms. The zero-order chi connectivity index (χ0) is 22.8. The quantitative estimate of drug-likeness (QED) is 0.414. The fourth-order valence-corrected chi connectivity index (χ4v) is 3.77. The molecule has 0 N–H and O–H groups in total. The predicted molar refractivity (Wildman–Crippen MR) is 123 cm³/mol. The topological polar surface area (TPSA) is 80.5 Å². The van der Waals surface area contributed by atoms with Gasteiger partial charge in [0, 0.05) is 17.2 Å². The first kappa shape index (κ1) is 21.4. The van der Waals surface area contributed by atoms with Crippen LogP contribution in [0.3, 0.4) is 0 Å². The van der Waals surface area contributed by atoms with Crippen molar-refractivity contribution >= 4 is 11.2 Å². The molecule has 166 valence electrons. The maximum Gasteiger partial charge on any atom is 0.203 e. The lowest BCUT2D eigenvalue weighted by Gasteiger charge is -2.14. The van der Waals surface area contributed by atoms with Crippen molar-refractivity contribution in [3.8, 4) is 45.6 Å². The highest BCUT2D eigenvalue weighted by molar-refractivity contribution is 5.91. The number of ether oxygens (including phenoxy) is 4. The highest BCUT2D eigenvalue weighted by Crippen LogP contribution is 2.42. The Morgan fingerprint density at radius 2 is 1.44 bits per heavy atom. The zero-order valence-corrected chi connectivity index (χ0v) is 19.0. The molecule has 32 heavy (non-hydrogen) atoms. The molecular formula is C24H26N4O4. The lowest BCUT2D eigenvalue weighted by molar-refractivity contribution is 0.324. The first-order valence-electron chi connectivity index (χ1n) is 10.2. The minimum Gasteiger partial charge on any atom is -0.497 e. The Hall–Kier alpha value is -3.81. The molecule has 0 unspecified atom stereocenters. The van der Waals surface area contributed by atoms with Gasteiger partial charge in [-0.15, -0.1) is 0 Å². The zero-order valence-electron chi connectivity index (χ0n) is 19.0. The van der Waals surface area contributed by atoms with E-state index in [0.29, 0.717) is 28.5 Å². The smallest absolute Gasteiger partial charge is 0.203 e. The van der Waals surface area contributed by atoms with Gasteiger partial charge in [-0.3, -0.25) is 0 Å². The van der Waals surface area contributed by atoms with Crippen molar-refractivity contribution in [2.45, 2.75) is 19.9 Å². The van der Waals surface area contributed by atoms with Gasteiger partial charge in [-0.05, 0) is 50.2 Å². The largest absolute Gasteiger partial charge is 0.497 e. The Labute approximate surface area is 186 Å². The molecule has 8 heteroatoms. The Morgan fingerprint density at radius 3 is 1.97 bits per heavy atom. The molecule has 0 aliphatic rings. The van der Waals surface area contributed by atoms with Crippen molar-refractivity contribution in [3.63, 3.8) is 0 Å². The highest BCUT2D eigenvalue weighted by atomic mass is 16.5. The summed E-state index contributed by atoms with van der Waals surface area (Å²) in [6, 6.07) is 11.7. The molecule has 4 rings (SSSR count). The standard InChI is InChI=1S/C24H26N4O4/c1-14(2)28-23(15-7-9-17(29-3)10-8-15)27-21-20(25-13-26-24(21)28)16-11-18(30-4)22(32-6)19(12-16)31-5/h7-14H,1-6H3. The Morgan fingerprint density at radius 1 is 0.781 bits per heavy atom. The van der Waals surface area contributed by atoms with Crippen LogP contribution in [0.2, 0.25) is 0 Å². The van der Waals surface area contributed by atoms with E-state index in [1.165, 1.54) is 0 Å². The minimum absolute atomic E-state index is 0.139. The van der Waals surface area contributed by atoms with Crippen molar-refractivity contribution in [1.82, 2.24) is 19.5 Å². The van der Waals surface area contributed by atoms with E-state index in [1.807, 2.05) is 36.4 Å². The number of benzene rings is 2. The Kier molecular flexibility index (Phi) is 5.85. The molecule has 4 aromatic rings. The number of methoxy groups -OCH3 is 4. The summed E-state index contributed by atoms with van der Waals surface area (Å²) in [6.45, 7) is 4.21. The number of rotatable bonds is 7. The van der Waals surface area contributed by atoms with E-state index in [1.54, 1.807) is 34.8 Å². The molecule has 0 amide bonds. The van der Waals surface area contributed by atoms with Crippen molar-refractivity contribution in [2.75, 3.05) is 28.4 Å². The fourth-order valence-electron chi connectivity index (χ4n) is 3.77. The van der Waals surface area contributed by atoms with Gasteiger partial charge in [0.15, 0.2) is 17.1 Å². The minimum atomic E-state index is 0.139. The van der Waals surface area contributed by atoms with Gasteiger partial charge < -0.3 is 23.5 Å². The second kappa shape index (κ2) is 8.74. The van der Waals surface area contributed by atoms with Crippen LogP contribution in [0.15, 0.2) is 42.7 Å². The molecule has 0 aliphatic carbocycles. The lowest BCUT2D eigenvalue weighted by atomic mass is 10.1. The van der Waals surface area contributed by atoms with Crippen molar-refractivity contribution in [2.24, 2.45) is 0 Å². The van der Waals surface area contributed by atoms with Crippen LogP contribution in [0.25, 0.3) is 33.8 Å². The van der Waals surface area contributed by atoms with E-state index in [9.17, 15) is 0 Å². The third kappa shape index (κ3) is 3.57. The van der Waals surface area contributed by atoms with Crippen LogP contribution < -0.4 is 18.9 Å². The van der Waals surface area contributed by atoms with Crippen molar-refractivity contribution in [1.29, 1.82) is 0 Å². The Balaban J connectivity index is 1.97. The molecule has 0 saturated carbocycles. The average molecular weight is 434 g/mol. The molecule has 2 heterocycles. The first-order chi connectivity index (χ1) is 15.5. The van der Waals surface area contributed by atoms with Gasteiger partial charge in [0.2, 0.25) is 5.75 Å². The van der Waals surface area contributed by atoms with Crippen LogP contribution in [0, 0.1) is 0 Å². The molecule has 0 atom stereocenters. The maximum absolute atomic E-state index is 5.53. The van der Waals surface area contributed by atoms with Crippen molar-refractivity contribution in [3.05, 3.63) is 42.7 Å². The lowest BCUT2D eigenvalue weighted by Crippen LogP contribution is -2.04. The summed E-state index contributed by atoms with van der Waals surface area (Å²) < 4.78 is 23.9. The van der Waals surface area contributed by atoms with Gasteiger partial charge in [0.1, 0.15) is 29.1 Å². The van der Waals surface area contributed by atoms with Gasteiger partial charge in [0.05, 0.1) is 28.4 Å². The summed E-state index contributed by atoms with van der Waals surface area (Å²) in [7, 11) is 6.41. The Bertz CT molecular complexity index is 1220. The van der Waals surface area contributed by atoms with E-state index in [2.05, 4.69) is 28.4 Å². The number of aromatic nitrogens is 4. The molecule has 0 saturated heterocycles. The SMILES string of the molecule is COc1ccc(-c2nc3c(-c4cc(OC)c(OC)c(OC)c4)ncnc3n2C(C)C)cc1. The number of hydrogen-bond donors (Lipinski definition) is 0. The average Bonchev–Trinajstić information content (AvgIpc) is 3.23. The van der Waals surface area contributed by atoms with E-state index < -0.39 is 0 Å². The molecule has 0 aliphatic heterocycles. The van der Waals surface area contributed by atoms with E-state index in [-0.39, 0.29) is 6.04 Å². The molecule has 2 aromatic heterocycles. The fraction of sp³-hybridized carbons (Fsp3) is 0.292. The molecule has 2 aromatic carbocycles. The third-order valence-electron chi connectivity index (χ3n) is 5.28. The number of imidazole rings is 1. The van der Waals surface area contributed by atoms with Gasteiger partial charge in [0.25, 0.3) is 0 Å². The third-order valence-corrected chi connectivity index (χ3v) is 5.28. The van der Waals surface area contributed by atoms with Crippen LogP contribution in [0.4, 0.5) is 0 Å². The number of nitrogens with zero attached hydrogens (tertiary/aromatic N) is 4. The van der Waals surface area contributed by atoms with Crippen LogP contribution in [0.5, 0.6) is 23.0 Å². The summed E-state index contributed by atoms with van der Waals surface area (Å²) in [5, 5.41) is 0. The second-order valence-corrected chi connectivity index (χ2v) is 7.44. The molecule has 0 bridgehead atoms. The van der Waals surface area contributed by atoms with E-state index in [4.69, 9.17) is 23.9 Å². The maximum atomic E-state index is 5.53. The highest BCUT2D eigenvalue weighted by Gasteiger charge is 2.22. The molecule has 8 nitrogen and oxygen atoms in total. The van der Waals surface area contributed by atoms with Gasteiger partial charge in [-0.25, -0.2) is 15.0 Å². The van der Waals surface area contributed by atoms with Gasteiger partial charge in [-0.2, -0.15) is 0 Å². The van der Waals surface area contributed by atoms with Gasteiger partial charge >= 0.3 is 0 Å². The summed E-state index contributed by atoms with van der Waals surface area (Å²) in [5.74, 6) is 3.22. The molecular weight excluding hydrogens is 408 g/mol. The first-order valence-corrected chi connectivity index (χ1v) is 10.2. The van der Waals surface area contributed by atoms with Crippen LogP contribution in [-0.2, 0) is 0 Å². The van der Waals surface area contributed by atoms with Crippen LogP contribution in [-0.4, -0.2) is 48.0 Å². The predicted octanol–water partition coefficient (Wildman–Crippen LogP) is 4.78. The molecule has 0 radical (unpaired) electrons. The summed E-state index contributed by atoms with van der Waals surface area (Å²) in [6.07, 6.45) is 1.55. The van der Waals surface area contributed by atoms with Crippen LogP contribution in [0.1, 0.15) is 19.9 Å². The van der Waals surface area contributed by atoms with Crippen molar-refractivity contribution < 1.29 is 18.9 Å². The summed E-state index contributed by atoms with van der Waals surface area (Å²) >= 11 is 0. The number of hydrogen-bond acceptors (Lipinski definition) is 7. The summed E-state index contributed by atoms with van der Waals surface area (Å²) in [5.41, 5.74) is 3.89. The van der Waals surface area contributed by atoms with Gasteiger partial charge in [-0.1, -0.05) is 0 Å². The second-order valence-electron chi connectivity index (χ2n) is 7.44. The molecule has 0 fully saturated rings. The number of fused-ring (bicyclic) bond motifs is 1. The van der Waals surface area contributed by atoms with E-state index in [0.717, 1.165) is 28.3 Å². The monoisotopic (exact) mass is 434 g/mol.